The fourth-order valence-corrected chi connectivity index (χ4v) is 4.72. The van der Waals surface area contributed by atoms with Gasteiger partial charge in [0.05, 0.1) is 12.0 Å². The van der Waals surface area contributed by atoms with Crippen LogP contribution in [0.5, 0.6) is 0 Å². The number of carbonyl (C=O) groups excluding carboxylic acids is 2. The third kappa shape index (κ3) is 1.04. The molecular formula is C15H15N3O2. The van der Waals surface area contributed by atoms with Gasteiger partial charge in [-0.1, -0.05) is 6.07 Å². The summed E-state index contributed by atoms with van der Waals surface area (Å²) in [6.07, 6.45) is 4.65. The maximum absolute atomic E-state index is 12.7. The Balaban J connectivity index is 1.66. The van der Waals surface area contributed by atoms with Crippen LogP contribution in [0.25, 0.3) is 0 Å². The summed E-state index contributed by atoms with van der Waals surface area (Å²) in [6.45, 7) is 0. The monoisotopic (exact) mass is 269 g/mol. The third-order valence-electron chi connectivity index (χ3n) is 5.62. The van der Waals surface area contributed by atoms with Crippen molar-refractivity contribution >= 4 is 17.4 Å². The van der Waals surface area contributed by atoms with Gasteiger partial charge in [-0.3, -0.25) is 14.6 Å². The zero-order valence-corrected chi connectivity index (χ0v) is 11.0. The number of anilines is 1. The van der Waals surface area contributed by atoms with Crippen LogP contribution in [0.2, 0.25) is 0 Å². The van der Waals surface area contributed by atoms with Crippen molar-refractivity contribution in [1.82, 2.24) is 10.4 Å². The Hall–Kier alpha value is -1.75. The molecule has 1 aromatic heterocycles. The van der Waals surface area contributed by atoms with Crippen molar-refractivity contribution in [2.75, 3.05) is 5.01 Å². The molecular weight excluding hydrogens is 254 g/mol. The lowest BCUT2D eigenvalue weighted by atomic mass is 9.57. The smallest absolute Gasteiger partial charge is 0.156 e. The minimum absolute atomic E-state index is 0.0344. The quantitative estimate of drug-likeness (QED) is 0.749. The second-order valence-corrected chi connectivity index (χ2v) is 6.45. The summed E-state index contributed by atoms with van der Waals surface area (Å²) >= 11 is 0. The Kier molecular flexibility index (Phi) is 1.80. The van der Waals surface area contributed by atoms with Crippen LogP contribution >= 0.6 is 0 Å². The highest BCUT2D eigenvalue weighted by molar-refractivity contribution is 6.06. The minimum atomic E-state index is -0.633. The summed E-state index contributed by atoms with van der Waals surface area (Å²) in [7, 11) is 0. The average molecular weight is 269 g/mol. The zero-order chi connectivity index (χ0) is 13.5. The number of nitrogens with one attached hydrogen (secondary N) is 1. The largest absolute Gasteiger partial charge is 0.299 e. The molecule has 4 unspecified atom stereocenters. The molecule has 4 fully saturated rings. The molecule has 0 amide bonds. The van der Waals surface area contributed by atoms with Crippen molar-refractivity contribution in [1.29, 1.82) is 0 Å². The van der Waals surface area contributed by atoms with Crippen LogP contribution in [0.4, 0.5) is 5.82 Å². The summed E-state index contributed by atoms with van der Waals surface area (Å²) in [5.74, 6) is 1.20. The Morgan fingerprint density at radius 3 is 3.10 bits per heavy atom. The van der Waals surface area contributed by atoms with E-state index in [2.05, 4.69) is 16.5 Å². The zero-order valence-electron chi connectivity index (χ0n) is 11.0. The van der Waals surface area contributed by atoms with E-state index in [1.54, 1.807) is 6.20 Å². The van der Waals surface area contributed by atoms with Gasteiger partial charge in [-0.05, 0) is 30.9 Å². The van der Waals surface area contributed by atoms with Crippen molar-refractivity contribution in [3.63, 3.8) is 0 Å². The van der Waals surface area contributed by atoms with Gasteiger partial charge in [-0.15, -0.1) is 0 Å². The van der Waals surface area contributed by atoms with Crippen molar-refractivity contribution < 1.29 is 9.59 Å². The van der Waals surface area contributed by atoms with E-state index >= 15 is 0 Å². The number of nitrogens with zero attached hydrogens (tertiary/aromatic N) is 2. The summed E-state index contributed by atoms with van der Waals surface area (Å²) in [5, 5.41) is 2.00. The maximum atomic E-state index is 12.7. The van der Waals surface area contributed by atoms with E-state index in [9.17, 15) is 9.59 Å². The number of hydrazine groups is 1. The molecule has 3 aliphatic carbocycles. The molecule has 1 N–H and O–H groups in total. The second kappa shape index (κ2) is 3.28. The second-order valence-electron chi connectivity index (χ2n) is 6.45. The number of fused-ring (bicyclic) bond motifs is 5. The molecule has 0 radical (unpaired) electrons. The molecule has 3 saturated carbocycles. The number of aromatic nitrogens is 1. The van der Waals surface area contributed by atoms with Gasteiger partial charge in [-0.2, -0.15) is 0 Å². The first-order valence-corrected chi connectivity index (χ1v) is 7.29. The number of rotatable bonds is 0. The molecule has 5 heteroatoms. The van der Waals surface area contributed by atoms with Gasteiger partial charge in [0, 0.05) is 18.5 Å². The minimum Gasteiger partial charge on any atom is -0.299 e. The van der Waals surface area contributed by atoms with Gasteiger partial charge < -0.3 is 0 Å². The SMILES string of the molecule is O=C1C2CCC3(NN4c5ncccc5CC4C13)C(=O)C2. The van der Waals surface area contributed by atoms with E-state index in [-0.39, 0.29) is 23.7 Å². The Bertz CT molecular complexity index is 658. The van der Waals surface area contributed by atoms with Gasteiger partial charge in [0.2, 0.25) is 0 Å². The van der Waals surface area contributed by atoms with E-state index < -0.39 is 5.54 Å². The number of pyridine rings is 1. The summed E-state index contributed by atoms with van der Waals surface area (Å²) in [6, 6.07) is 4.05. The van der Waals surface area contributed by atoms with E-state index in [0.29, 0.717) is 12.2 Å². The predicted octanol–water partition coefficient (Wildman–Crippen LogP) is 0.638. The van der Waals surface area contributed by atoms with Crippen molar-refractivity contribution in [3.05, 3.63) is 23.9 Å². The number of ketones is 2. The highest BCUT2D eigenvalue weighted by Crippen LogP contribution is 2.52. The third-order valence-corrected chi connectivity index (χ3v) is 5.62. The first-order chi connectivity index (χ1) is 9.71. The van der Waals surface area contributed by atoms with Gasteiger partial charge in [0.1, 0.15) is 17.1 Å². The first kappa shape index (κ1) is 11.0. The Morgan fingerprint density at radius 2 is 2.25 bits per heavy atom. The Morgan fingerprint density at radius 1 is 1.35 bits per heavy atom. The van der Waals surface area contributed by atoms with Gasteiger partial charge in [0.25, 0.3) is 0 Å². The van der Waals surface area contributed by atoms with Crippen LogP contribution in [-0.4, -0.2) is 28.1 Å². The lowest BCUT2D eigenvalue weighted by Gasteiger charge is -2.45. The lowest BCUT2D eigenvalue weighted by molar-refractivity contribution is -0.149. The van der Waals surface area contributed by atoms with Crippen LogP contribution in [0.3, 0.4) is 0 Å². The molecule has 5 nitrogen and oxygen atoms in total. The van der Waals surface area contributed by atoms with E-state index in [1.165, 1.54) is 5.56 Å². The predicted molar refractivity (Wildman–Crippen MR) is 70.9 cm³/mol. The van der Waals surface area contributed by atoms with Crippen LogP contribution < -0.4 is 10.4 Å². The molecule has 20 heavy (non-hydrogen) atoms. The summed E-state index contributed by atoms with van der Waals surface area (Å²) < 4.78 is 0. The fourth-order valence-electron chi connectivity index (χ4n) is 4.72. The first-order valence-electron chi connectivity index (χ1n) is 7.29. The van der Waals surface area contributed by atoms with Crippen LogP contribution in [-0.2, 0) is 16.0 Å². The lowest BCUT2D eigenvalue weighted by Crippen LogP contribution is -2.64. The normalized spacial score (nSPS) is 40.8. The topological polar surface area (TPSA) is 62.3 Å². The molecule has 102 valence electrons. The van der Waals surface area contributed by atoms with Crippen molar-refractivity contribution in [2.45, 2.75) is 37.3 Å². The molecule has 0 aromatic carbocycles. The molecule has 6 rings (SSSR count). The van der Waals surface area contributed by atoms with Crippen molar-refractivity contribution in [3.8, 4) is 0 Å². The van der Waals surface area contributed by atoms with Crippen LogP contribution in [0, 0.1) is 11.8 Å². The molecule has 4 atom stereocenters. The highest BCUT2D eigenvalue weighted by Gasteiger charge is 2.67. The fraction of sp³-hybridized carbons (Fsp3) is 0.533. The van der Waals surface area contributed by atoms with E-state index in [1.807, 2.05) is 11.1 Å². The average Bonchev–Trinajstić information content (AvgIpc) is 2.95. The number of hydrogen-bond acceptors (Lipinski definition) is 5. The van der Waals surface area contributed by atoms with Gasteiger partial charge in [-0.25, -0.2) is 10.4 Å². The highest BCUT2D eigenvalue weighted by atomic mass is 16.1. The van der Waals surface area contributed by atoms with Crippen LogP contribution in [0.1, 0.15) is 24.8 Å². The molecule has 1 saturated heterocycles. The maximum Gasteiger partial charge on any atom is 0.156 e. The number of hydrogen-bond donors (Lipinski definition) is 1. The molecule has 1 aromatic rings. The molecule has 2 aliphatic heterocycles. The number of Topliss-reactive ketones (excluding diaryl/α,β-unsaturated/α-hetero) is 2. The van der Waals surface area contributed by atoms with Crippen molar-refractivity contribution in [2.24, 2.45) is 11.8 Å². The van der Waals surface area contributed by atoms with Crippen LogP contribution in [0.15, 0.2) is 18.3 Å². The van der Waals surface area contributed by atoms with Gasteiger partial charge >= 0.3 is 0 Å². The summed E-state index contributed by atoms with van der Waals surface area (Å²) in [4.78, 5) is 29.6. The standard InChI is InChI=1S/C15H15N3O2/c19-11-7-8-3-4-15(11)12(13(8)20)10-6-9-2-1-5-16-14(9)18(10)17-15/h1-2,5,8,10,12,17H,3-4,6-7H2. The van der Waals surface area contributed by atoms with E-state index in [4.69, 9.17) is 0 Å². The molecule has 5 aliphatic rings. The van der Waals surface area contributed by atoms with E-state index in [0.717, 1.165) is 25.1 Å². The molecule has 1 spiro atoms. The Labute approximate surface area is 116 Å². The molecule has 2 bridgehead atoms. The number of carbonyl (C=O) groups is 2. The van der Waals surface area contributed by atoms with Gasteiger partial charge in [0.15, 0.2) is 5.78 Å². The summed E-state index contributed by atoms with van der Waals surface area (Å²) in [5.41, 5.74) is 3.93. The molecule has 3 heterocycles.